The van der Waals surface area contributed by atoms with Gasteiger partial charge in [0.05, 0.1) is 11.4 Å². The number of carbonyl (C=O) groups is 1. The largest absolute Gasteiger partial charge is 0.310 e. The molecular formula is C19H21ClN2O. The summed E-state index contributed by atoms with van der Waals surface area (Å²) >= 11 is 6.20. The molecule has 1 amide bonds. The monoisotopic (exact) mass is 328 g/mol. The molecule has 0 aromatic heterocycles. The molecule has 1 aromatic carbocycles. The smallest absolute Gasteiger partial charge is 0.248 e. The fraction of sp³-hybridized carbons (Fsp3) is 0.263. The van der Waals surface area contributed by atoms with Gasteiger partial charge in [0.15, 0.2) is 0 Å². The van der Waals surface area contributed by atoms with Crippen molar-refractivity contribution in [2.75, 3.05) is 18.0 Å². The van der Waals surface area contributed by atoms with E-state index >= 15 is 0 Å². The van der Waals surface area contributed by atoms with Crippen molar-refractivity contribution in [1.29, 1.82) is 0 Å². The Morgan fingerprint density at radius 1 is 1.48 bits per heavy atom. The van der Waals surface area contributed by atoms with Gasteiger partial charge in [0.2, 0.25) is 5.91 Å². The molecule has 0 fully saturated rings. The number of benzodiazepines with no additional fused rings is 1. The quantitative estimate of drug-likeness (QED) is 0.728. The lowest BCUT2D eigenvalue weighted by molar-refractivity contribution is -0.117. The van der Waals surface area contributed by atoms with Gasteiger partial charge in [-0.05, 0) is 31.5 Å². The molecule has 1 aliphatic heterocycles. The molecule has 0 radical (unpaired) electrons. The highest BCUT2D eigenvalue weighted by molar-refractivity contribution is 6.32. The van der Waals surface area contributed by atoms with Crippen LogP contribution in [0.1, 0.15) is 25.8 Å². The molecule has 0 saturated heterocycles. The molecule has 3 nitrogen and oxygen atoms in total. The van der Waals surface area contributed by atoms with Crippen LogP contribution in [0.15, 0.2) is 59.6 Å². The number of amides is 1. The van der Waals surface area contributed by atoms with E-state index in [0.29, 0.717) is 11.6 Å². The fourth-order valence-electron chi connectivity index (χ4n) is 2.62. The minimum Gasteiger partial charge on any atom is -0.310 e. The van der Waals surface area contributed by atoms with Crippen molar-refractivity contribution in [2.45, 2.75) is 20.3 Å². The van der Waals surface area contributed by atoms with Crippen molar-refractivity contribution in [2.24, 2.45) is 4.99 Å². The van der Waals surface area contributed by atoms with Crippen LogP contribution >= 0.6 is 11.6 Å². The van der Waals surface area contributed by atoms with E-state index in [0.717, 1.165) is 29.0 Å². The number of aliphatic imine (C=N–C) groups is 1. The van der Waals surface area contributed by atoms with Gasteiger partial charge in [-0.3, -0.25) is 9.79 Å². The number of benzene rings is 1. The predicted octanol–water partition coefficient (Wildman–Crippen LogP) is 4.57. The van der Waals surface area contributed by atoms with Crippen LogP contribution in [0, 0.1) is 0 Å². The van der Waals surface area contributed by atoms with Crippen LogP contribution in [0.3, 0.4) is 0 Å². The molecule has 0 aliphatic carbocycles. The summed E-state index contributed by atoms with van der Waals surface area (Å²) in [5.41, 5.74) is 3.42. The van der Waals surface area contributed by atoms with Gasteiger partial charge in [-0.2, -0.15) is 0 Å². The molecule has 0 atom stereocenters. The van der Waals surface area contributed by atoms with Gasteiger partial charge in [0, 0.05) is 22.7 Å². The molecule has 23 heavy (non-hydrogen) atoms. The summed E-state index contributed by atoms with van der Waals surface area (Å²) in [6, 6.07) is 5.58. The maximum atomic E-state index is 12.5. The normalized spacial score (nSPS) is 15.4. The summed E-state index contributed by atoms with van der Waals surface area (Å²) in [5, 5.41) is 0.626. The molecule has 1 heterocycles. The summed E-state index contributed by atoms with van der Waals surface area (Å²) in [6.45, 7) is 8.56. The minimum absolute atomic E-state index is 0.00357. The van der Waals surface area contributed by atoms with Crippen LogP contribution in [0.2, 0.25) is 5.02 Å². The molecule has 0 unspecified atom stereocenters. The minimum atomic E-state index is 0.00357. The van der Waals surface area contributed by atoms with Crippen LogP contribution in [-0.2, 0) is 4.79 Å². The lowest BCUT2D eigenvalue weighted by atomic mass is 9.99. The third kappa shape index (κ3) is 3.80. The predicted molar refractivity (Wildman–Crippen MR) is 98.6 cm³/mol. The fourth-order valence-corrected chi connectivity index (χ4v) is 2.79. The zero-order chi connectivity index (χ0) is 16.8. The molecule has 0 N–H and O–H groups in total. The second-order valence-corrected chi connectivity index (χ2v) is 5.67. The standard InChI is InChI=1S/C19H21ClN2O/c1-4-7-14(8-5-2)19-16-12-15(20)9-10-17(16)22(11-6-3)18(23)13-21-19/h4-5,7-10,12H,1,6,11,13H2,2-3H3/b8-5-,14-7+. The number of anilines is 1. The van der Waals surface area contributed by atoms with Crippen LogP contribution in [0.25, 0.3) is 0 Å². The first-order valence-corrected chi connectivity index (χ1v) is 8.10. The number of allylic oxidation sites excluding steroid dienone is 5. The Morgan fingerprint density at radius 3 is 2.91 bits per heavy atom. The summed E-state index contributed by atoms with van der Waals surface area (Å²) in [5.74, 6) is 0.00357. The average molecular weight is 329 g/mol. The summed E-state index contributed by atoms with van der Waals surface area (Å²) in [7, 11) is 0. The van der Waals surface area contributed by atoms with E-state index in [1.807, 2.05) is 43.4 Å². The maximum absolute atomic E-state index is 12.5. The zero-order valence-electron chi connectivity index (χ0n) is 13.6. The van der Waals surface area contributed by atoms with Crippen LogP contribution in [0.5, 0.6) is 0 Å². The Hall–Kier alpha value is -2.13. The number of hydrogen-bond acceptors (Lipinski definition) is 2. The Kier molecular flexibility index (Phi) is 5.94. The lowest BCUT2D eigenvalue weighted by Crippen LogP contribution is -2.33. The van der Waals surface area contributed by atoms with E-state index in [1.165, 1.54) is 0 Å². The van der Waals surface area contributed by atoms with Crippen molar-refractivity contribution < 1.29 is 4.79 Å². The van der Waals surface area contributed by atoms with E-state index in [-0.39, 0.29) is 12.5 Å². The molecule has 0 spiro atoms. The second-order valence-electron chi connectivity index (χ2n) is 5.23. The molecule has 0 saturated carbocycles. The third-order valence-electron chi connectivity index (χ3n) is 3.54. The maximum Gasteiger partial charge on any atom is 0.248 e. The lowest BCUT2D eigenvalue weighted by Gasteiger charge is -2.22. The van der Waals surface area contributed by atoms with Crippen molar-refractivity contribution in [1.82, 2.24) is 0 Å². The Bertz CT molecular complexity index is 701. The number of hydrogen-bond donors (Lipinski definition) is 0. The average Bonchev–Trinajstić information content (AvgIpc) is 2.65. The highest BCUT2D eigenvalue weighted by Gasteiger charge is 2.24. The first kappa shape index (κ1) is 17.2. The molecule has 1 aromatic rings. The number of halogens is 1. The van der Waals surface area contributed by atoms with Crippen molar-refractivity contribution in [3.8, 4) is 0 Å². The SMILES string of the molecule is C=C/C=C(\C=C/C)C1=NCC(=O)N(CCC)c2ccc(Cl)cc21. The summed E-state index contributed by atoms with van der Waals surface area (Å²) in [6.07, 6.45) is 8.40. The Morgan fingerprint density at radius 2 is 2.26 bits per heavy atom. The van der Waals surface area contributed by atoms with Gasteiger partial charge < -0.3 is 4.90 Å². The van der Waals surface area contributed by atoms with E-state index in [9.17, 15) is 4.79 Å². The number of nitrogens with zero attached hydrogens (tertiary/aromatic N) is 2. The highest BCUT2D eigenvalue weighted by Crippen LogP contribution is 2.30. The van der Waals surface area contributed by atoms with E-state index in [4.69, 9.17) is 11.6 Å². The van der Waals surface area contributed by atoms with E-state index in [2.05, 4.69) is 18.5 Å². The number of carbonyl (C=O) groups excluding carboxylic acids is 1. The third-order valence-corrected chi connectivity index (χ3v) is 3.78. The molecule has 4 heteroatoms. The molecule has 120 valence electrons. The molecule has 0 bridgehead atoms. The van der Waals surface area contributed by atoms with Gasteiger partial charge in [0.1, 0.15) is 6.54 Å². The summed E-state index contributed by atoms with van der Waals surface area (Å²) < 4.78 is 0. The van der Waals surface area contributed by atoms with Gasteiger partial charge in [-0.1, -0.05) is 49.4 Å². The Balaban J connectivity index is 2.66. The second kappa shape index (κ2) is 7.93. The Labute approximate surface area is 142 Å². The number of fused-ring (bicyclic) bond motifs is 1. The number of rotatable bonds is 5. The first-order chi connectivity index (χ1) is 11.1. The topological polar surface area (TPSA) is 32.7 Å². The van der Waals surface area contributed by atoms with Crippen LogP contribution in [0.4, 0.5) is 5.69 Å². The molecule has 2 rings (SSSR count). The van der Waals surface area contributed by atoms with E-state index < -0.39 is 0 Å². The molecular weight excluding hydrogens is 308 g/mol. The van der Waals surface area contributed by atoms with Crippen molar-refractivity contribution in [3.05, 3.63) is 65.2 Å². The van der Waals surface area contributed by atoms with Crippen LogP contribution < -0.4 is 4.90 Å². The van der Waals surface area contributed by atoms with Gasteiger partial charge in [-0.15, -0.1) is 0 Å². The van der Waals surface area contributed by atoms with Crippen molar-refractivity contribution in [3.63, 3.8) is 0 Å². The van der Waals surface area contributed by atoms with Crippen LogP contribution in [-0.4, -0.2) is 24.7 Å². The van der Waals surface area contributed by atoms with E-state index in [1.54, 1.807) is 11.0 Å². The summed E-state index contributed by atoms with van der Waals surface area (Å²) in [4.78, 5) is 18.8. The van der Waals surface area contributed by atoms with Gasteiger partial charge >= 0.3 is 0 Å². The first-order valence-electron chi connectivity index (χ1n) is 7.72. The van der Waals surface area contributed by atoms with Crippen molar-refractivity contribution >= 4 is 28.9 Å². The van der Waals surface area contributed by atoms with Gasteiger partial charge in [0.25, 0.3) is 0 Å². The van der Waals surface area contributed by atoms with Gasteiger partial charge in [-0.25, -0.2) is 0 Å². The highest BCUT2D eigenvalue weighted by atomic mass is 35.5. The molecule has 1 aliphatic rings. The zero-order valence-corrected chi connectivity index (χ0v) is 14.3.